The van der Waals surface area contributed by atoms with E-state index in [1.54, 1.807) is 7.11 Å². The molecule has 2 heteroatoms. The highest BCUT2D eigenvalue weighted by Gasteiger charge is 1.77. The summed E-state index contributed by atoms with van der Waals surface area (Å²) in [5, 5.41) is 3.08. The Hall–Kier alpha value is -0.340. The molecule has 0 atom stereocenters. The minimum Gasteiger partial charge on any atom is -0.384 e. The van der Waals surface area contributed by atoms with Gasteiger partial charge in [0.2, 0.25) is 0 Å². The number of hydrogen-bond acceptors (Lipinski definition) is 2. The van der Waals surface area contributed by atoms with E-state index in [0.717, 1.165) is 26.0 Å². The molecule has 0 aliphatic carbocycles. The van der Waals surface area contributed by atoms with E-state index < -0.39 is 0 Å². The average molecular weight is 143 g/mol. The van der Waals surface area contributed by atoms with Gasteiger partial charge in [0.05, 0.1) is 0 Å². The molecule has 10 heavy (non-hydrogen) atoms. The molecule has 0 amide bonds. The number of ether oxygens (including phenoxy) is 1. The number of methoxy groups -OCH3 is 1. The van der Waals surface area contributed by atoms with Gasteiger partial charge < -0.3 is 10.1 Å². The normalized spacial score (nSPS) is 11.0. The minimum absolute atomic E-state index is 0.829. The Labute approximate surface area is 63.3 Å². The smallest absolute Gasteiger partial charge is 0.0496 e. The van der Waals surface area contributed by atoms with Crippen LogP contribution >= 0.6 is 0 Å². The molecule has 0 bridgehead atoms. The monoisotopic (exact) mass is 143 g/mol. The quantitative estimate of drug-likeness (QED) is 0.445. The zero-order valence-electron chi connectivity index (χ0n) is 6.89. The van der Waals surface area contributed by atoms with Gasteiger partial charge in [0.1, 0.15) is 0 Å². The topological polar surface area (TPSA) is 21.3 Å². The maximum absolute atomic E-state index is 4.88. The standard InChI is InChI=1S/C8H17NO/c1-9-7-5-3-4-6-8-10-2/h3-4,9H,5-8H2,1-2H3/b4-3-. The molecule has 0 unspecified atom stereocenters. The van der Waals surface area contributed by atoms with Crippen molar-refractivity contribution in [2.24, 2.45) is 0 Å². The van der Waals surface area contributed by atoms with Crippen molar-refractivity contribution in [3.8, 4) is 0 Å². The van der Waals surface area contributed by atoms with Gasteiger partial charge in [0.15, 0.2) is 0 Å². The summed E-state index contributed by atoms with van der Waals surface area (Å²) in [6.45, 7) is 1.89. The van der Waals surface area contributed by atoms with Crippen LogP contribution in [0.4, 0.5) is 0 Å². The van der Waals surface area contributed by atoms with E-state index >= 15 is 0 Å². The predicted octanol–water partition coefficient (Wildman–Crippen LogP) is 1.19. The lowest BCUT2D eigenvalue weighted by Gasteiger charge is -1.92. The fourth-order valence-electron chi connectivity index (χ4n) is 0.649. The van der Waals surface area contributed by atoms with Crippen molar-refractivity contribution in [2.75, 3.05) is 27.3 Å². The predicted molar refractivity (Wildman–Crippen MR) is 44.2 cm³/mol. The van der Waals surface area contributed by atoms with Gasteiger partial charge in [-0.1, -0.05) is 12.2 Å². The summed E-state index contributed by atoms with van der Waals surface area (Å²) in [7, 11) is 3.68. The maximum Gasteiger partial charge on any atom is 0.0496 e. The summed E-state index contributed by atoms with van der Waals surface area (Å²) in [4.78, 5) is 0. The van der Waals surface area contributed by atoms with Crippen molar-refractivity contribution in [1.29, 1.82) is 0 Å². The molecule has 0 aromatic rings. The SMILES string of the molecule is CNCC/C=C\CCOC. The fraction of sp³-hybridized carbons (Fsp3) is 0.750. The molecule has 0 rings (SSSR count). The summed E-state index contributed by atoms with van der Waals surface area (Å²) in [5.41, 5.74) is 0. The Morgan fingerprint density at radius 1 is 1.30 bits per heavy atom. The van der Waals surface area contributed by atoms with Gasteiger partial charge in [0.25, 0.3) is 0 Å². The first-order chi connectivity index (χ1) is 4.91. The van der Waals surface area contributed by atoms with Crippen LogP contribution < -0.4 is 5.32 Å². The second-order valence-corrected chi connectivity index (χ2v) is 2.15. The van der Waals surface area contributed by atoms with Crippen molar-refractivity contribution < 1.29 is 4.74 Å². The molecule has 1 N–H and O–H groups in total. The molecule has 0 fully saturated rings. The number of rotatable bonds is 6. The van der Waals surface area contributed by atoms with Crippen molar-refractivity contribution in [3.05, 3.63) is 12.2 Å². The zero-order valence-corrected chi connectivity index (χ0v) is 6.89. The Balaban J connectivity index is 2.89. The summed E-state index contributed by atoms with van der Waals surface area (Å²) in [6, 6.07) is 0. The first-order valence-corrected chi connectivity index (χ1v) is 3.70. The Morgan fingerprint density at radius 2 is 2.00 bits per heavy atom. The first-order valence-electron chi connectivity index (χ1n) is 3.70. The lowest BCUT2D eigenvalue weighted by Crippen LogP contribution is -2.05. The first kappa shape index (κ1) is 9.66. The number of hydrogen-bond donors (Lipinski definition) is 1. The Bertz CT molecular complexity index is 71.3. The van der Waals surface area contributed by atoms with Crippen LogP contribution in [0.2, 0.25) is 0 Å². The highest BCUT2D eigenvalue weighted by Crippen LogP contribution is 1.85. The summed E-state index contributed by atoms with van der Waals surface area (Å²) < 4.78 is 4.88. The molecular weight excluding hydrogens is 126 g/mol. The molecule has 0 radical (unpaired) electrons. The molecule has 0 aliphatic rings. The van der Waals surface area contributed by atoms with E-state index in [1.165, 1.54) is 0 Å². The van der Waals surface area contributed by atoms with Crippen molar-refractivity contribution >= 4 is 0 Å². The fourth-order valence-corrected chi connectivity index (χ4v) is 0.649. The highest BCUT2D eigenvalue weighted by atomic mass is 16.5. The van der Waals surface area contributed by atoms with Gasteiger partial charge in [-0.3, -0.25) is 0 Å². The Kier molecular flexibility index (Phi) is 8.37. The van der Waals surface area contributed by atoms with E-state index in [0.29, 0.717) is 0 Å². The van der Waals surface area contributed by atoms with Crippen LogP contribution in [-0.2, 0) is 4.74 Å². The van der Waals surface area contributed by atoms with Gasteiger partial charge in [0, 0.05) is 13.7 Å². The van der Waals surface area contributed by atoms with E-state index in [-0.39, 0.29) is 0 Å². The molecule has 0 spiro atoms. The van der Waals surface area contributed by atoms with Gasteiger partial charge in [-0.25, -0.2) is 0 Å². The van der Waals surface area contributed by atoms with E-state index in [4.69, 9.17) is 4.74 Å². The molecule has 0 aromatic carbocycles. The van der Waals surface area contributed by atoms with Crippen LogP contribution in [0.15, 0.2) is 12.2 Å². The third-order valence-corrected chi connectivity index (χ3v) is 1.22. The van der Waals surface area contributed by atoms with Crippen molar-refractivity contribution in [2.45, 2.75) is 12.8 Å². The van der Waals surface area contributed by atoms with Crippen LogP contribution in [0.25, 0.3) is 0 Å². The van der Waals surface area contributed by atoms with E-state index in [1.807, 2.05) is 7.05 Å². The lowest BCUT2D eigenvalue weighted by molar-refractivity contribution is 0.204. The van der Waals surface area contributed by atoms with Crippen molar-refractivity contribution in [1.82, 2.24) is 5.32 Å². The van der Waals surface area contributed by atoms with Crippen LogP contribution in [0.5, 0.6) is 0 Å². The summed E-state index contributed by atoms with van der Waals surface area (Å²) in [6.07, 6.45) is 6.47. The largest absolute Gasteiger partial charge is 0.384 e. The molecule has 0 aromatic heterocycles. The molecule has 60 valence electrons. The molecule has 0 saturated heterocycles. The lowest BCUT2D eigenvalue weighted by atomic mass is 10.3. The van der Waals surface area contributed by atoms with Crippen LogP contribution in [0.1, 0.15) is 12.8 Å². The van der Waals surface area contributed by atoms with Gasteiger partial charge in [-0.2, -0.15) is 0 Å². The zero-order chi connectivity index (χ0) is 7.66. The van der Waals surface area contributed by atoms with Gasteiger partial charge in [-0.05, 0) is 26.4 Å². The van der Waals surface area contributed by atoms with Crippen LogP contribution in [-0.4, -0.2) is 27.3 Å². The molecule has 0 heterocycles. The molecule has 0 saturated carbocycles. The van der Waals surface area contributed by atoms with Gasteiger partial charge in [-0.15, -0.1) is 0 Å². The third-order valence-electron chi connectivity index (χ3n) is 1.22. The molecule has 0 aliphatic heterocycles. The van der Waals surface area contributed by atoms with Gasteiger partial charge >= 0.3 is 0 Å². The van der Waals surface area contributed by atoms with Crippen molar-refractivity contribution in [3.63, 3.8) is 0 Å². The molecule has 2 nitrogen and oxygen atoms in total. The van der Waals surface area contributed by atoms with Crippen LogP contribution in [0.3, 0.4) is 0 Å². The second kappa shape index (κ2) is 8.66. The summed E-state index contributed by atoms with van der Waals surface area (Å²) >= 11 is 0. The van der Waals surface area contributed by atoms with E-state index in [9.17, 15) is 0 Å². The third kappa shape index (κ3) is 7.66. The maximum atomic E-state index is 4.88. The second-order valence-electron chi connectivity index (χ2n) is 2.15. The molecular formula is C8H17NO. The summed E-state index contributed by atoms with van der Waals surface area (Å²) in [5.74, 6) is 0. The minimum atomic E-state index is 0.829. The van der Waals surface area contributed by atoms with E-state index in [2.05, 4.69) is 17.5 Å². The van der Waals surface area contributed by atoms with Crippen LogP contribution in [0, 0.1) is 0 Å². The average Bonchev–Trinajstić information content (AvgIpc) is 1.97. The number of nitrogens with one attached hydrogen (secondary N) is 1. The highest BCUT2D eigenvalue weighted by molar-refractivity contribution is 4.81. The Morgan fingerprint density at radius 3 is 2.60 bits per heavy atom.